The van der Waals surface area contributed by atoms with E-state index in [-0.39, 0.29) is 6.10 Å². The molecule has 1 rings (SSSR count). The van der Waals surface area contributed by atoms with E-state index in [1.54, 1.807) is 0 Å². The number of rotatable bonds is 7. The number of halogens is 2. The van der Waals surface area contributed by atoms with Gasteiger partial charge in [-0.15, -0.1) is 0 Å². The Kier molecular flexibility index (Phi) is 7.08. The summed E-state index contributed by atoms with van der Waals surface area (Å²) in [6.45, 7) is 6.86. The number of ether oxygens (including phenoxy) is 2. The second kappa shape index (κ2) is 8.05. The maximum Gasteiger partial charge on any atom is 0.175 e. The molecule has 0 amide bonds. The van der Waals surface area contributed by atoms with Crippen LogP contribution in [0.3, 0.4) is 0 Å². The molecule has 18 heavy (non-hydrogen) atoms. The molecular weight excluding hydrogens is 360 g/mol. The van der Waals surface area contributed by atoms with Crippen molar-refractivity contribution in [3.05, 3.63) is 22.2 Å². The van der Waals surface area contributed by atoms with Gasteiger partial charge in [0.05, 0.1) is 17.2 Å². The Bertz CT molecular complexity index is 380. The Morgan fingerprint density at radius 1 is 1.28 bits per heavy atom. The Labute approximate surface area is 126 Å². The van der Waals surface area contributed by atoms with Crippen LogP contribution in [0, 0.1) is 0 Å². The molecule has 4 heteroatoms. The predicted molar refractivity (Wildman–Crippen MR) is 82.9 cm³/mol. The largest absolute Gasteiger partial charge is 0.490 e. The van der Waals surface area contributed by atoms with Crippen molar-refractivity contribution in [2.75, 3.05) is 6.61 Å². The van der Waals surface area contributed by atoms with Crippen LogP contribution in [0.15, 0.2) is 16.6 Å². The fourth-order valence-corrected chi connectivity index (χ4v) is 2.65. The predicted octanol–water partition coefficient (Wildman–Crippen LogP) is 5.31. The summed E-state index contributed by atoms with van der Waals surface area (Å²) in [5, 5.41) is 0.802. The lowest BCUT2D eigenvalue weighted by Crippen LogP contribution is -2.12. The molecule has 102 valence electrons. The Morgan fingerprint density at radius 2 is 2.00 bits per heavy atom. The van der Waals surface area contributed by atoms with Gasteiger partial charge in [-0.3, -0.25) is 0 Å². The Morgan fingerprint density at radius 3 is 2.56 bits per heavy atom. The highest BCUT2D eigenvalue weighted by Gasteiger charge is 2.14. The minimum absolute atomic E-state index is 0.195. The zero-order chi connectivity index (χ0) is 13.5. The average Bonchev–Trinajstić information content (AvgIpc) is 2.33. The molecule has 1 aromatic carbocycles. The smallest absolute Gasteiger partial charge is 0.175 e. The molecule has 1 atom stereocenters. The van der Waals surface area contributed by atoms with Crippen molar-refractivity contribution in [3.8, 4) is 11.5 Å². The molecule has 2 nitrogen and oxygen atoms in total. The molecular formula is C14H20Br2O2. The van der Waals surface area contributed by atoms with E-state index in [4.69, 9.17) is 9.47 Å². The van der Waals surface area contributed by atoms with Gasteiger partial charge in [0, 0.05) is 5.33 Å². The van der Waals surface area contributed by atoms with Crippen LogP contribution in [0.1, 0.15) is 39.2 Å². The third-order valence-corrected chi connectivity index (χ3v) is 3.77. The number of alkyl halides is 1. The second-order valence-corrected chi connectivity index (χ2v) is 5.60. The van der Waals surface area contributed by atoms with Gasteiger partial charge in [-0.25, -0.2) is 0 Å². The second-order valence-electron chi connectivity index (χ2n) is 4.19. The minimum Gasteiger partial charge on any atom is -0.490 e. The molecule has 0 radical (unpaired) electrons. The van der Waals surface area contributed by atoms with Gasteiger partial charge >= 0.3 is 0 Å². The third-order valence-electron chi connectivity index (χ3n) is 2.54. The highest BCUT2D eigenvalue weighted by Crippen LogP contribution is 2.38. The monoisotopic (exact) mass is 378 g/mol. The van der Waals surface area contributed by atoms with Gasteiger partial charge in [0.25, 0.3) is 0 Å². The van der Waals surface area contributed by atoms with Gasteiger partial charge in [-0.1, -0.05) is 29.3 Å². The maximum absolute atomic E-state index is 5.98. The van der Waals surface area contributed by atoms with Crippen molar-refractivity contribution in [1.29, 1.82) is 0 Å². The first kappa shape index (κ1) is 15.8. The van der Waals surface area contributed by atoms with E-state index < -0.39 is 0 Å². The quantitative estimate of drug-likeness (QED) is 0.597. The Balaban J connectivity index is 2.99. The number of hydrogen-bond donors (Lipinski definition) is 0. The van der Waals surface area contributed by atoms with Gasteiger partial charge in [0.15, 0.2) is 11.5 Å². The van der Waals surface area contributed by atoms with Crippen LogP contribution >= 0.6 is 31.9 Å². The van der Waals surface area contributed by atoms with Gasteiger partial charge in [-0.05, 0) is 53.9 Å². The average molecular weight is 380 g/mol. The fourth-order valence-electron chi connectivity index (χ4n) is 1.74. The Hall–Kier alpha value is -0.220. The summed E-state index contributed by atoms with van der Waals surface area (Å²) >= 11 is 7.02. The van der Waals surface area contributed by atoms with Crippen molar-refractivity contribution in [3.63, 3.8) is 0 Å². The van der Waals surface area contributed by atoms with E-state index in [9.17, 15) is 0 Å². The summed E-state index contributed by atoms with van der Waals surface area (Å²) in [5.74, 6) is 1.62. The van der Waals surface area contributed by atoms with Gasteiger partial charge in [0.1, 0.15) is 0 Å². The first-order valence-corrected chi connectivity index (χ1v) is 8.21. The topological polar surface area (TPSA) is 18.5 Å². The van der Waals surface area contributed by atoms with Crippen LogP contribution in [0.25, 0.3) is 0 Å². The summed E-state index contributed by atoms with van der Waals surface area (Å²) in [7, 11) is 0. The summed E-state index contributed by atoms with van der Waals surface area (Å²) in [6, 6.07) is 4.09. The van der Waals surface area contributed by atoms with Crippen LogP contribution in [-0.2, 0) is 5.33 Å². The first-order valence-electron chi connectivity index (χ1n) is 6.30. The molecule has 0 aliphatic carbocycles. The molecule has 0 aliphatic heterocycles. The summed E-state index contributed by atoms with van der Waals surface area (Å²) in [6.07, 6.45) is 2.35. The lowest BCUT2D eigenvalue weighted by molar-refractivity contribution is 0.195. The maximum atomic E-state index is 5.98. The first-order chi connectivity index (χ1) is 8.62. The molecule has 0 heterocycles. The lowest BCUT2D eigenvalue weighted by atomic mass is 10.2. The van der Waals surface area contributed by atoms with Crippen molar-refractivity contribution in [2.24, 2.45) is 0 Å². The normalized spacial score (nSPS) is 12.3. The van der Waals surface area contributed by atoms with Gasteiger partial charge < -0.3 is 9.47 Å². The van der Waals surface area contributed by atoms with E-state index >= 15 is 0 Å². The van der Waals surface area contributed by atoms with Crippen LogP contribution in [0.2, 0.25) is 0 Å². The fraction of sp³-hybridized carbons (Fsp3) is 0.571. The van der Waals surface area contributed by atoms with Gasteiger partial charge in [0.2, 0.25) is 0 Å². The van der Waals surface area contributed by atoms with Crippen LogP contribution in [0.5, 0.6) is 11.5 Å². The molecule has 0 aliphatic rings. The van der Waals surface area contributed by atoms with E-state index in [2.05, 4.69) is 51.8 Å². The van der Waals surface area contributed by atoms with E-state index in [0.717, 1.165) is 34.1 Å². The molecule has 0 spiro atoms. The third kappa shape index (κ3) is 4.47. The number of benzene rings is 1. The van der Waals surface area contributed by atoms with Crippen molar-refractivity contribution < 1.29 is 9.47 Å². The molecule has 0 N–H and O–H groups in total. The van der Waals surface area contributed by atoms with Crippen LogP contribution in [-0.4, -0.2) is 12.7 Å². The van der Waals surface area contributed by atoms with E-state index in [1.807, 2.05) is 13.0 Å². The molecule has 0 bridgehead atoms. The zero-order valence-electron chi connectivity index (χ0n) is 11.1. The highest BCUT2D eigenvalue weighted by molar-refractivity contribution is 9.10. The molecule has 0 aromatic heterocycles. The van der Waals surface area contributed by atoms with Crippen molar-refractivity contribution >= 4 is 31.9 Å². The molecule has 1 unspecified atom stereocenters. The van der Waals surface area contributed by atoms with E-state index in [0.29, 0.717) is 6.61 Å². The molecule has 0 saturated heterocycles. The minimum atomic E-state index is 0.195. The van der Waals surface area contributed by atoms with Crippen LogP contribution < -0.4 is 9.47 Å². The summed E-state index contributed by atoms with van der Waals surface area (Å²) in [4.78, 5) is 0. The van der Waals surface area contributed by atoms with Crippen LogP contribution in [0.4, 0.5) is 0 Å². The van der Waals surface area contributed by atoms with Gasteiger partial charge in [-0.2, -0.15) is 0 Å². The van der Waals surface area contributed by atoms with E-state index in [1.165, 1.54) is 5.56 Å². The summed E-state index contributed by atoms with van der Waals surface area (Å²) < 4.78 is 12.6. The van der Waals surface area contributed by atoms with Crippen molar-refractivity contribution in [2.45, 2.75) is 45.0 Å². The number of hydrogen-bond acceptors (Lipinski definition) is 2. The SMILES string of the molecule is CCCC(C)Oc1c(Br)cc(CBr)cc1OCC. The highest BCUT2D eigenvalue weighted by atomic mass is 79.9. The summed E-state index contributed by atoms with van der Waals surface area (Å²) in [5.41, 5.74) is 1.17. The molecule has 1 aromatic rings. The lowest BCUT2D eigenvalue weighted by Gasteiger charge is -2.19. The standard InChI is InChI=1S/C14H20Br2O2/c1-4-6-10(3)18-14-12(16)7-11(9-15)8-13(14)17-5-2/h7-8,10H,4-6,9H2,1-3H3. The molecule has 0 fully saturated rings. The van der Waals surface area contributed by atoms with Crippen molar-refractivity contribution in [1.82, 2.24) is 0 Å². The molecule has 0 saturated carbocycles. The zero-order valence-corrected chi connectivity index (χ0v) is 14.3.